The molecule has 8 heteroatoms. The topological polar surface area (TPSA) is 59.8 Å². The normalized spacial score (nSPS) is 10.6. The Morgan fingerprint density at radius 2 is 2.04 bits per heavy atom. The molecule has 2 aromatic carbocycles. The molecule has 0 aliphatic rings. The van der Waals surface area contributed by atoms with Crippen LogP contribution >= 0.6 is 23.4 Å². The van der Waals surface area contributed by atoms with E-state index in [1.54, 1.807) is 24.3 Å². The van der Waals surface area contributed by atoms with Crippen molar-refractivity contribution in [1.82, 2.24) is 14.8 Å². The fraction of sp³-hybridized carbons (Fsp3) is 0.105. The summed E-state index contributed by atoms with van der Waals surface area (Å²) in [6.07, 6.45) is 1.74. The Balaban J connectivity index is 1.72. The van der Waals surface area contributed by atoms with Crippen LogP contribution in [0.25, 0.3) is 11.4 Å². The van der Waals surface area contributed by atoms with Crippen molar-refractivity contribution in [3.05, 3.63) is 72.0 Å². The Bertz CT molecular complexity index is 959. The summed E-state index contributed by atoms with van der Waals surface area (Å²) in [6, 6.07) is 13.0. The van der Waals surface area contributed by atoms with E-state index < -0.39 is 5.82 Å². The minimum atomic E-state index is -0.404. The fourth-order valence-electron chi connectivity index (χ4n) is 2.40. The van der Waals surface area contributed by atoms with Crippen molar-refractivity contribution < 1.29 is 9.18 Å². The first-order valence-electron chi connectivity index (χ1n) is 8.05. The number of nitrogens with zero attached hydrogens (tertiary/aromatic N) is 3. The third kappa shape index (κ3) is 4.96. The summed E-state index contributed by atoms with van der Waals surface area (Å²) in [5.41, 5.74) is 1.28. The zero-order valence-corrected chi connectivity index (χ0v) is 15.8. The first-order chi connectivity index (χ1) is 13.1. The number of nitrogens with one attached hydrogen (secondary N) is 1. The molecule has 0 bridgehead atoms. The fourth-order valence-corrected chi connectivity index (χ4v) is 3.27. The van der Waals surface area contributed by atoms with Crippen LogP contribution in [0, 0.1) is 5.82 Å². The summed E-state index contributed by atoms with van der Waals surface area (Å²) in [7, 11) is 0. The third-order valence-corrected chi connectivity index (χ3v) is 4.79. The number of thioether (sulfide) groups is 1. The van der Waals surface area contributed by atoms with Gasteiger partial charge in [0.15, 0.2) is 11.0 Å². The van der Waals surface area contributed by atoms with E-state index in [1.165, 1.54) is 30.0 Å². The van der Waals surface area contributed by atoms with Crippen molar-refractivity contribution in [3.8, 4) is 11.4 Å². The molecule has 0 saturated carbocycles. The minimum Gasteiger partial charge on any atom is -0.325 e. The summed E-state index contributed by atoms with van der Waals surface area (Å²) in [5.74, 6) is 0.122. The molecule has 0 fully saturated rings. The Labute approximate surface area is 165 Å². The van der Waals surface area contributed by atoms with E-state index >= 15 is 0 Å². The number of carbonyl (C=O) groups excluding carboxylic acids is 1. The molecule has 0 aliphatic heterocycles. The molecule has 27 heavy (non-hydrogen) atoms. The third-order valence-electron chi connectivity index (χ3n) is 3.57. The SMILES string of the molecule is C=CCn1c(SCC(=O)Nc2cccc(F)c2)nnc1-c1ccc(Cl)cc1. The van der Waals surface area contributed by atoms with Gasteiger partial charge in [0.2, 0.25) is 5.91 Å². The van der Waals surface area contributed by atoms with Gasteiger partial charge in [-0.1, -0.05) is 35.5 Å². The Hall–Kier alpha value is -2.64. The Morgan fingerprint density at radius 3 is 2.74 bits per heavy atom. The second-order valence-corrected chi connectivity index (χ2v) is 6.94. The second kappa shape index (κ2) is 8.83. The van der Waals surface area contributed by atoms with Crippen molar-refractivity contribution in [2.24, 2.45) is 0 Å². The van der Waals surface area contributed by atoms with Crippen LogP contribution in [0.3, 0.4) is 0 Å². The van der Waals surface area contributed by atoms with Gasteiger partial charge in [0.25, 0.3) is 0 Å². The number of benzene rings is 2. The highest BCUT2D eigenvalue weighted by Gasteiger charge is 2.15. The van der Waals surface area contributed by atoms with Crippen molar-refractivity contribution in [2.75, 3.05) is 11.1 Å². The van der Waals surface area contributed by atoms with Crippen LogP contribution in [0.2, 0.25) is 5.02 Å². The molecule has 0 saturated heterocycles. The number of aromatic nitrogens is 3. The lowest BCUT2D eigenvalue weighted by molar-refractivity contribution is -0.113. The molecule has 1 heterocycles. The van der Waals surface area contributed by atoms with Crippen LogP contribution < -0.4 is 5.32 Å². The summed E-state index contributed by atoms with van der Waals surface area (Å²) in [6.45, 7) is 4.26. The smallest absolute Gasteiger partial charge is 0.234 e. The first-order valence-corrected chi connectivity index (χ1v) is 9.41. The number of hydrogen-bond donors (Lipinski definition) is 1. The number of hydrogen-bond acceptors (Lipinski definition) is 4. The van der Waals surface area contributed by atoms with E-state index in [1.807, 2.05) is 16.7 Å². The van der Waals surface area contributed by atoms with Gasteiger partial charge >= 0.3 is 0 Å². The maximum Gasteiger partial charge on any atom is 0.234 e. The maximum absolute atomic E-state index is 13.2. The molecule has 1 N–H and O–H groups in total. The van der Waals surface area contributed by atoms with Crippen LogP contribution in [-0.4, -0.2) is 26.4 Å². The zero-order chi connectivity index (χ0) is 19.2. The highest BCUT2D eigenvalue weighted by Crippen LogP contribution is 2.25. The van der Waals surface area contributed by atoms with E-state index in [-0.39, 0.29) is 11.7 Å². The monoisotopic (exact) mass is 402 g/mol. The standard InChI is InChI=1S/C19H16ClFN4OS/c1-2-10-25-18(13-6-8-14(20)9-7-13)23-24-19(25)27-12-17(26)22-16-5-3-4-15(21)11-16/h2-9,11H,1,10,12H2,(H,22,26). The quantitative estimate of drug-likeness (QED) is 0.461. The molecule has 138 valence electrons. The van der Waals surface area contributed by atoms with Gasteiger partial charge in [-0.3, -0.25) is 9.36 Å². The lowest BCUT2D eigenvalue weighted by atomic mass is 10.2. The average Bonchev–Trinajstić information content (AvgIpc) is 3.04. The molecule has 0 aliphatic carbocycles. The van der Waals surface area contributed by atoms with Crippen LogP contribution in [0.15, 0.2) is 66.3 Å². The molecule has 0 spiro atoms. The predicted molar refractivity (Wildman–Crippen MR) is 106 cm³/mol. The van der Waals surface area contributed by atoms with E-state index in [2.05, 4.69) is 22.1 Å². The van der Waals surface area contributed by atoms with Gasteiger partial charge in [0.05, 0.1) is 5.75 Å². The van der Waals surface area contributed by atoms with Crippen LogP contribution in [0.1, 0.15) is 0 Å². The molecule has 0 unspecified atom stereocenters. The van der Waals surface area contributed by atoms with Crippen LogP contribution in [-0.2, 0) is 11.3 Å². The van der Waals surface area contributed by atoms with E-state index in [0.29, 0.717) is 28.2 Å². The predicted octanol–water partition coefficient (Wildman–Crippen LogP) is 4.65. The largest absolute Gasteiger partial charge is 0.325 e. The minimum absolute atomic E-state index is 0.117. The molecule has 1 aromatic heterocycles. The molecule has 0 radical (unpaired) electrons. The van der Waals surface area contributed by atoms with Crippen molar-refractivity contribution in [3.63, 3.8) is 0 Å². The molecule has 3 rings (SSSR count). The number of allylic oxidation sites excluding steroid dienone is 1. The summed E-state index contributed by atoms with van der Waals surface area (Å²) < 4.78 is 15.1. The van der Waals surface area contributed by atoms with Crippen molar-refractivity contribution in [1.29, 1.82) is 0 Å². The van der Waals surface area contributed by atoms with E-state index in [0.717, 1.165) is 5.56 Å². The number of anilines is 1. The van der Waals surface area contributed by atoms with E-state index in [4.69, 9.17) is 11.6 Å². The van der Waals surface area contributed by atoms with Gasteiger partial charge in [0, 0.05) is 22.8 Å². The highest BCUT2D eigenvalue weighted by molar-refractivity contribution is 7.99. The molecule has 3 aromatic rings. The molecule has 0 atom stereocenters. The molecule has 1 amide bonds. The van der Waals surface area contributed by atoms with Crippen molar-refractivity contribution >= 4 is 35.0 Å². The highest BCUT2D eigenvalue weighted by atomic mass is 35.5. The number of carbonyl (C=O) groups is 1. The summed E-state index contributed by atoms with van der Waals surface area (Å²) >= 11 is 7.18. The van der Waals surface area contributed by atoms with Crippen LogP contribution in [0.4, 0.5) is 10.1 Å². The second-order valence-electron chi connectivity index (χ2n) is 5.56. The molecular weight excluding hydrogens is 387 g/mol. The zero-order valence-electron chi connectivity index (χ0n) is 14.2. The molecular formula is C19H16ClFN4OS. The average molecular weight is 403 g/mol. The first kappa shape index (κ1) is 19.1. The number of halogens is 2. The summed E-state index contributed by atoms with van der Waals surface area (Å²) in [4.78, 5) is 12.1. The Kier molecular flexibility index (Phi) is 6.26. The lowest BCUT2D eigenvalue weighted by Crippen LogP contribution is -2.14. The summed E-state index contributed by atoms with van der Waals surface area (Å²) in [5, 5.41) is 12.3. The van der Waals surface area contributed by atoms with Crippen molar-refractivity contribution in [2.45, 2.75) is 11.7 Å². The molecule has 5 nitrogen and oxygen atoms in total. The van der Waals surface area contributed by atoms with Gasteiger partial charge in [-0.05, 0) is 42.5 Å². The van der Waals surface area contributed by atoms with Crippen LogP contribution in [0.5, 0.6) is 0 Å². The number of amides is 1. The van der Waals surface area contributed by atoms with Gasteiger partial charge in [-0.2, -0.15) is 0 Å². The lowest BCUT2D eigenvalue weighted by Gasteiger charge is -2.08. The maximum atomic E-state index is 13.2. The van der Waals surface area contributed by atoms with Gasteiger partial charge in [-0.15, -0.1) is 16.8 Å². The van der Waals surface area contributed by atoms with Gasteiger partial charge in [-0.25, -0.2) is 4.39 Å². The number of rotatable bonds is 7. The Morgan fingerprint density at radius 1 is 1.26 bits per heavy atom. The van der Waals surface area contributed by atoms with Gasteiger partial charge < -0.3 is 5.32 Å². The van der Waals surface area contributed by atoms with E-state index in [9.17, 15) is 9.18 Å². The van der Waals surface area contributed by atoms with Gasteiger partial charge in [0.1, 0.15) is 5.82 Å².